The summed E-state index contributed by atoms with van der Waals surface area (Å²) in [5.74, 6) is 0. The number of hydrogen-bond acceptors (Lipinski definition) is 4. The van der Waals surface area contributed by atoms with Gasteiger partial charge in [0.1, 0.15) is 0 Å². The zero-order valence-corrected chi connectivity index (χ0v) is 8.72. The second kappa shape index (κ2) is 3.88. The van der Waals surface area contributed by atoms with Crippen molar-refractivity contribution >= 4 is 58.2 Å². The summed E-state index contributed by atoms with van der Waals surface area (Å²) in [6, 6.07) is 0. The topological polar surface area (TPSA) is 89.4 Å². The van der Waals surface area contributed by atoms with Crippen LogP contribution in [0.4, 0.5) is 0 Å². The van der Waals surface area contributed by atoms with E-state index in [1.807, 2.05) is 0 Å². The van der Waals surface area contributed by atoms with Crippen molar-refractivity contribution < 1.29 is 28.9 Å². The first kappa shape index (κ1) is 10.8. The maximum atomic E-state index is 8.60. The standard InChI is InChI=1S/ClHO4.Rb/c2-1(3,4)5;/h(H,2,3,4,5);. The first-order valence-electron chi connectivity index (χ1n) is 0.632. The summed E-state index contributed by atoms with van der Waals surface area (Å²) in [7, 11) is -4.69. The zero-order chi connectivity index (χ0) is 4.50. The second-order valence-electron chi connectivity index (χ2n) is 0.396. The summed E-state index contributed by atoms with van der Waals surface area (Å²) in [4.78, 5) is 0. The fraction of sp³-hybridized carbons (Fsp3) is 0. The Labute approximate surface area is 85.3 Å². The largest absolute Gasteiger partial charge is 0.183 e. The predicted molar refractivity (Wildman–Crippen MR) is 7.97 cm³/mol. The Kier molecular flexibility index (Phi) is 7.01. The van der Waals surface area contributed by atoms with Gasteiger partial charge in [-0.3, -0.25) is 0 Å². The zero-order valence-electron chi connectivity index (χ0n) is 3.05. The van der Waals surface area contributed by atoms with Gasteiger partial charge in [0.2, 0.25) is 0 Å². The Balaban J connectivity index is 0. The molecule has 0 saturated carbocycles. The molecule has 4 nitrogen and oxygen atoms in total. The van der Waals surface area contributed by atoms with Gasteiger partial charge in [0.15, 0.2) is 0 Å². The molecule has 0 rings (SSSR count). The van der Waals surface area contributed by atoms with E-state index in [9.17, 15) is 0 Å². The normalized spacial score (nSPS) is 10.0. The van der Waals surface area contributed by atoms with E-state index in [1.165, 1.54) is 0 Å². The van der Waals surface area contributed by atoms with Gasteiger partial charge in [-0.2, -0.15) is 14.0 Å². The first-order chi connectivity index (χ1) is 2.00. The number of halogens is 1. The minimum atomic E-state index is -4.69. The minimum absolute atomic E-state index is 0. The summed E-state index contributed by atoms with van der Waals surface area (Å²) < 4.78 is 32.7. The maximum absolute atomic E-state index is 8.60. The van der Waals surface area contributed by atoms with Crippen LogP contribution < -0.4 is 14.0 Å². The summed E-state index contributed by atoms with van der Waals surface area (Å²) in [6.07, 6.45) is 0. The Morgan fingerprint density at radius 2 is 1.17 bits per heavy atom. The first-order valence-corrected chi connectivity index (χ1v) is 1.90. The molecular weight excluding hydrogens is 185 g/mol. The fourth-order valence-electron chi connectivity index (χ4n) is 0. The molecule has 0 saturated heterocycles. The molecule has 0 atom stereocenters. The minimum Gasteiger partial charge on any atom is -0.183 e. The van der Waals surface area contributed by atoms with Crippen LogP contribution in [0.5, 0.6) is 0 Å². The Morgan fingerprint density at radius 1 is 1.17 bits per heavy atom. The van der Waals surface area contributed by atoms with Gasteiger partial charge in [0, 0.05) is 58.2 Å². The van der Waals surface area contributed by atoms with E-state index in [-0.39, 0.29) is 58.2 Å². The van der Waals surface area contributed by atoms with Crippen molar-refractivity contribution in [2.45, 2.75) is 0 Å². The molecule has 6 heteroatoms. The van der Waals surface area contributed by atoms with Gasteiger partial charge in [0.25, 0.3) is 0 Å². The summed E-state index contributed by atoms with van der Waals surface area (Å²) in [6.45, 7) is 0. The van der Waals surface area contributed by atoms with Crippen LogP contribution in [0.1, 0.15) is 0 Å². The van der Waals surface area contributed by atoms with Crippen molar-refractivity contribution in [3.63, 3.8) is 0 Å². The average Bonchev–Trinajstić information content (AvgIpc) is 0.722. The molecule has 1 N–H and O–H groups in total. The molecule has 0 spiro atoms. The monoisotopic (exact) mass is 185 g/mol. The van der Waals surface area contributed by atoms with Crippen molar-refractivity contribution in [1.29, 1.82) is 0 Å². The molecule has 0 fully saturated rings. The van der Waals surface area contributed by atoms with E-state index in [2.05, 4.69) is 0 Å². The summed E-state index contributed by atoms with van der Waals surface area (Å²) in [5, 5.41) is 0. The molecule has 33 valence electrons. The molecule has 6 heavy (non-hydrogen) atoms. The van der Waals surface area contributed by atoms with E-state index < -0.39 is 10.2 Å². The van der Waals surface area contributed by atoms with Gasteiger partial charge in [-0.05, 0) is 0 Å². The van der Waals surface area contributed by atoms with Gasteiger partial charge in [0.05, 0.1) is 14.9 Å². The van der Waals surface area contributed by atoms with Crippen LogP contribution in [0, 0.1) is 10.2 Å². The molecule has 0 unspecified atom stereocenters. The van der Waals surface area contributed by atoms with Crippen LogP contribution in [0.25, 0.3) is 0 Å². The van der Waals surface area contributed by atoms with Gasteiger partial charge < -0.3 is 0 Å². The fourth-order valence-corrected chi connectivity index (χ4v) is 0. The predicted octanol–water partition coefficient (Wildman–Crippen LogP) is -4.50. The summed E-state index contributed by atoms with van der Waals surface area (Å²) >= 11 is 0. The van der Waals surface area contributed by atoms with Crippen LogP contribution >= 0.6 is 0 Å². The van der Waals surface area contributed by atoms with E-state index in [1.54, 1.807) is 0 Å². The average molecular weight is 186 g/mol. The SMILES string of the molecule is [O-][Cl+3]([O-])([O-])O.[Rb]. The van der Waals surface area contributed by atoms with Crippen LogP contribution in [0.2, 0.25) is 0 Å². The van der Waals surface area contributed by atoms with Crippen molar-refractivity contribution in [3.05, 3.63) is 0 Å². The quantitative estimate of drug-likeness (QED) is 0.412. The van der Waals surface area contributed by atoms with E-state index >= 15 is 0 Å². The molecule has 0 aliphatic carbocycles. The van der Waals surface area contributed by atoms with Crippen LogP contribution in [0.3, 0.4) is 0 Å². The van der Waals surface area contributed by atoms with E-state index in [0.29, 0.717) is 0 Å². The molecular formula is HClO4Rb. The van der Waals surface area contributed by atoms with Crippen LogP contribution in [-0.4, -0.2) is 62.8 Å². The third-order valence-electron chi connectivity index (χ3n) is 0. The molecule has 1 radical (unpaired) electrons. The van der Waals surface area contributed by atoms with E-state index in [4.69, 9.17) is 18.6 Å². The Hall–Kier alpha value is 1.94. The second-order valence-corrected chi connectivity index (χ2v) is 1.19. The van der Waals surface area contributed by atoms with Gasteiger partial charge >= 0.3 is 0 Å². The van der Waals surface area contributed by atoms with Crippen molar-refractivity contribution in [3.8, 4) is 0 Å². The summed E-state index contributed by atoms with van der Waals surface area (Å²) in [5.41, 5.74) is 0. The van der Waals surface area contributed by atoms with Crippen molar-refractivity contribution in [2.24, 2.45) is 0 Å². The molecule has 0 aromatic rings. The number of rotatable bonds is 0. The van der Waals surface area contributed by atoms with Gasteiger partial charge in [-0.25, -0.2) is 0 Å². The van der Waals surface area contributed by atoms with Crippen molar-refractivity contribution in [2.75, 3.05) is 0 Å². The number of hydrogen-bond donors (Lipinski definition) is 1. The molecule has 0 aromatic carbocycles. The Bertz CT molecular complexity index is 23.0. The molecule has 0 bridgehead atoms. The molecule has 0 heterocycles. The van der Waals surface area contributed by atoms with Crippen LogP contribution in [-0.2, 0) is 0 Å². The Morgan fingerprint density at radius 3 is 1.17 bits per heavy atom. The molecule has 0 amide bonds. The smallest absolute Gasteiger partial charge is 0.0777 e. The maximum Gasteiger partial charge on any atom is 0.0777 e. The van der Waals surface area contributed by atoms with Crippen molar-refractivity contribution in [1.82, 2.24) is 0 Å². The molecule has 0 aromatic heterocycles. The molecule has 0 aliphatic heterocycles. The molecule has 0 aliphatic rings. The van der Waals surface area contributed by atoms with Gasteiger partial charge in [-0.15, -0.1) is 0 Å². The third kappa shape index (κ3) is 38.6. The van der Waals surface area contributed by atoms with E-state index in [0.717, 1.165) is 0 Å². The van der Waals surface area contributed by atoms with Crippen LogP contribution in [0.15, 0.2) is 0 Å². The third-order valence-corrected chi connectivity index (χ3v) is 0. The van der Waals surface area contributed by atoms with Gasteiger partial charge in [-0.1, -0.05) is 0 Å².